The molecule has 6 unspecified atom stereocenters. The Kier molecular flexibility index (Phi) is 35.8. The van der Waals surface area contributed by atoms with E-state index in [4.69, 9.17) is 63.6 Å². The van der Waals surface area contributed by atoms with Crippen molar-refractivity contribution in [1.29, 1.82) is 0 Å². The van der Waals surface area contributed by atoms with Gasteiger partial charge in [-0.1, -0.05) is 19.9 Å². The van der Waals surface area contributed by atoms with Gasteiger partial charge in [0.1, 0.15) is 55.0 Å². The highest BCUT2D eigenvalue weighted by atomic mass is 16.7. The lowest BCUT2D eigenvalue weighted by Crippen LogP contribution is -2.59. The largest absolute Gasteiger partial charge is 0.389 e. The Bertz CT molecular complexity index is 3860. The van der Waals surface area contributed by atoms with Gasteiger partial charge in [0.25, 0.3) is 0 Å². The number of amides is 2. The van der Waals surface area contributed by atoms with Gasteiger partial charge in [-0.25, -0.2) is 29.9 Å². The zero-order valence-electron chi connectivity index (χ0n) is 69.6. The molecule has 4 aromatic heterocycles. The molecule has 4 aromatic rings. The number of Topliss-reactive ketones (excluding diaryl/α,β-unsaturated/α-hetero) is 2. The number of allylic oxidation sites excluding steroid dienone is 2. The lowest BCUT2D eigenvalue weighted by atomic mass is 9.74. The number of rotatable bonds is 15. The Morgan fingerprint density at radius 3 is 1.61 bits per heavy atom. The highest BCUT2D eigenvalue weighted by Gasteiger charge is 2.53. The molecule has 0 aromatic carbocycles. The Morgan fingerprint density at radius 2 is 1.10 bits per heavy atom. The number of ketones is 2. The van der Waals surface area contributed by atoms with E-state index in [-0.39, 0.29) is 95.4 Å². The van der Waals surface area contributed by atoms with E-state index in [1.807, 2.05) is 84.9 Å². The van der Waals surface area contributed by atoms with Gasteiger partial charge in [0, 0.05) is 124 Å². The zero-order valence-corrected chi connectivity index (χ0v) is 69.6. The predicted molar refractivity (Wildman–Crippen MR) is 419 cm³/mol. The van der Waals surface area contributed by atoms with Gasteiger partial charge in [-0.2, -0.15) is 0 Å². The minimum Gasteiger partial charge on any atom is -0.389 e. The standard InChI is InChI=1S/C12H15NO4.C11H13NO4.C11H22O2.C10H13N5O.C9H11N5O.3C8H17NO3/c1-8-6-13(11(15)5-10(8)14)12-4-3-9(17-12)7-16-2;1-7-6-12(9(14)5-8(7)13)10-3-4-11(15-2)16-10;1-9(2)7-11(5,8-12-6)13-10(9,3)4;1-7(4-16-2)3-15-6-14-8-9(11)12-5-13-10(8)15;1-15-6-2-5(6)14-4-13-7-8(10)11-3-12-9(7)14;1-5-8(12-3)7(11)6(10)4-9(5)2;1-5-7(10)8(11)6(12-3)4-9(5)2;1-5-7(11)8(12-3)6(10)4-9(5)2/h3-4,6,9,12H,5,7H2,1-2H3;3-4,6,10-11H,5H2,1-2H3;7-8H2,1-6H3;3,5-6H,4H2,1-2H3,(H2,11,12,13);3-6H,2H2,1H3,(H2,10,11,12);3*5-8,10-11H,4H2,1-3H3/t;;11-;;;5-,6+,7-,8+;2*5-,6+,7+,8-/m..0..111/s1. The maximum atomic E-state index is 11.7. The fraction of sp³-hybridized carbons (Fsp3) is 0.688. The average molecular weight is 1600 g/mol. The third-order valence-electron chi connectivity index (χ3n) is 21.6. The molecule has 0 radical (unpaired) electrons. The van der Waals surface area contributed by atoms with E-state index in [1.54, 1.807) is 93.6 Å². The number of methoxy groups -OCH3 is 8. The van der Waals surface area contributed by atoms with Crippen LogP contribution < -0.4 is 11.5 Å². The van der Waals surface area contributed by atoms with Crippen molar-refractivity contribution in [3.05, 3.63) is 78.7 Å². The Morgan fingerprint density at radius 1 is 0.575 bits per heavy atom. The summed E-state index contributed by atoms with van der Waals surface area (Å²) < 4.78 is 61.5. The highest BCUT2D eigenvalue weighted by molar-refractivity contribution is 6.10. The molecule has 1 aliphatic carbocycles. The molecule has 113 heavy (non-hydrogen) atoms. The molecule has 4 saturated heterocycles. The van der Waals surface area contributed by atoms with Crippen molar-refractivity contribution >= 4 is 63.5 Å². The molecule has 634 valence electrons. The number of likely N-dealkylation sites (N-methyl/N-ethyl adjacent to an activating group) is 3. The minimum atomic E-state index is -0.763. The number of piperidine rings is 3. The van der Waals surface area contributed by atoms with Gasteiger partial charge in [0.05, 0.1) is 92.9 Å². The second kappa shape index (κ2) is 42.7. The summed E-state index contributed by atoms with van der Waals surface area (Å²) in [6.45, 7) is 25.5. The first-order valence-corrected chi connectivity index (χ1v) is 37.5. The van der Waals surface area contributed by atoms with E-state index in [2.05, 4.69) is 64.5 Å². The smallest absolute Gasteiger partial charge is 0.236 e. The monoisotopic (exact) mass is 1600 g/mol. The van der Waals surface area contributed by atoms with E-state index in [1.165, 1.54) is 42.9 Å². The van der Waals surface area contributed by atoms with E-state index in [0.717, 1.165) is 24.1 Å². The van der Waals surface area contributed by atoms with Crippen molar-refractivity contribution in [2.45, 2.75) is 223 Å². The number of fused-ring (bicyclic) bond motifs is 2. The molecule has 36 heteroatoms. The number of aliphatic hydroxyl groups is 6. The fourth-order valence-corrected chi connectivity index (χ4v) is 13.9. The van der Waals surface area contributed by atoms with E-state index < -0.39 is 61.5 Å². The number of imidazole rings is 2. The zero-order chi connectivity index (χ0) is 84.3. The highest BCUT2D eigenvalue weighted by Crippen LogP contribution is 2.50. The van der Waals surface area contributed by atoms with Crippen LogP contribution in [0.1, 0.15) is 108 Å². The molecule has 10 N–H and O–H groups in total. The van der Waals surface area contributed by atoms with E-state index in [0.29, 0.717) is 85.0 Å². The first-order valence-electron chi connectivity index (χ1n) is 37.5. The van der Waals surface area contributed by atoms with Crippen LogP contribution in [-0.4, -0.2) is 350 Å². The lowest BCUT2D eigenvalue weighted by molar-refractivity contribution is -0.156. The number of hydrogen-bond donors (Lipinski definition) is 8. The van der Waals surface area contributed by atoms with Crippen molar-refractivity contribution < 1.29 is 102 Å². The second-order valence-corrected chi connectivity index (χ2v) is 30.9. The number of likely N-dealkylation sites (tertiary alicyclic amines) is 3. The summed E-state index contributed by atoms with van der Waals surface area (Å²) in [5.41, 5.74) is 16.4. The average Bonchev–Trinajstić information content (AvgIpc) is 1.61. The number of ether oxygens (including phenoxy) is 11. The van der Waals surface area contributed by atoms with Gasteiger partial charge in [0.15, 0.2) is 58.8 Å². The fourth-order valence-electron chi connectivity index (χ4n) is 13.9. The number of nitrogens with two attached hydrogens (primary N) is 2. The van der Waals surface area contributed by atoms with Crippen molar-refractivity contribution in [3.63, 3.8) is 0 Å². The molecule has 5 fully saturated rings. The van der Waals surface area contributed by atoms with Gasteiger partial charge >= 0.3 is 0 Å². The molecular weight excluding hydrogens is 1470 g/mol. The van der Waals surface area contributed by atoms with Crippen LogP contribution in [0.5, 0.6) is 0 Å². The number of β-amino-alcohol motifs (C(OH)–C–C–N with tert-alkyl or cyclic N) is 2. The number of nitrogen functional groups attached to an aromatic ring is 2. The summed E-state index contributed by atoms with van der Waals surface area (Å²) >= 11 is 0. The molecular formula is C77H125N15O21. The van der Waals surface area contributed by atoms with Crippen molar-refractivity contribution in [1.82, 2.24) is 63.5 Å². The van der Waals surface area contributed by atoms with Crippen LogP contribution in [0.15, 0.2) is 78.7 Å². The van der Waals surface area contributed by atoms with Crippen LogP contribution >= 0.6 is 0 Å². The number of hydrogen-bond acceptors (Lipinski definition) is 32. The maximum Gasteiger partial charge on any atom is 0.236 e. The van der Waals surface area contributed by atoms with Crippen LogP contribution in [0.2, 0.25) is 0 Å². The predicted octanol–water partition coefficient (Wildman–Crippen LogP) is 2.27. The van der Waals surface area contributed by atoms with Crippen LogP contribution in [0, 0.1) is 5.41 Å². The normalized spacial score (nSPS) is 32.0. The molecule has 1 saturated carbocycles. The first kappa shape index (κ1) is 94.7. The molecule has 13 rings (SSSR count). The van der Waals surface area contributed by atoms with Crippen LogP contribution in [0.4, 0.5) is 11.6 Å². The Hall–Kier alpha value is -7.12. The Labute approximate surface area is 662 Å². The Balaban J connectivity index is 0.000000202. The summed E-state index contributed by atoms with van der Waals surface area (Å²) in [5.74, 6) is 0.0819. The van der Waals surface area contributed by atoms with E-state index >= 15 is 0 Å². The number of aromatic nitrogens is 8. The van der Waals surface area contributed by atoms with Gasteiger partial charge in [-0.15, -0.1) is 0 Å². The number of aliphatic hydroxyl groups excluding tert-OH is 6. The van der Waals surface area contributed by atoms with Crippen molar-refractivity contribution in [3.8, 4) is 0 Å². The van der Waals surface area contributed by atoms with Gasteiger partial charge in [-0.05, 0) is 126 Å². The number of carbonyl (C=O) groups is 4. The summed E-state index contributed by atoms with van der Waals surface area (Å²) in [6.07, 6.45) is 14.0. The summed E-state index contributed by atoms with van der Waals surface area (Å²) in [7, 11) is 18.5. The SMILES string of the molecule is COC1C=CC(N2C=C(C)C(=O)CC2=O)O1.COC1CC1n1cnc2c(N)ncnc21.COCC(C)=Cn1cnc2c(N)ncnc21.COCC1C=CC(N2C=C(C)C(=O)CC2=O)O1.COC[C@]1(C)CC(C)(C)C(C)(C)O1.CO[C@@H]1[C@H](O)[C@@H](O)CN(C)[C@@H]1C.CO[C@H]1CN(C)[C@H](C)[C@H](O)[C@@H]1O.CO[C@H]1[C@@H](O)[C@@H](C)N(C)C[C@@H]1O. The molecule has 9 aliphatic rings. The topological polar surface area (TPSA) is 447 Å². The van der Waals surface area contributed by atoms with Crippen LogP contribution in [-0.2, 0) is 71.3 Å². The molecule has 0 spiro atoms. The minimum absolute atomic E-state index is 0.00796. The number of carbonyl (C=O) groups excluding carboxylic acids is 4. The van der Waals surface area contributed by atoms with Gasteiger partial charge in [0.2, 0.25) is 11.8 Å². The second-order valence-electron chi connectivity index (χ2n) is 30.9. The molecule has 19 atom stereocenters. The summed E-state index contributed by atoms with van der Waals surface area (Å²) in [5, 5.41) is 57.1. The molecule has 8 aliphatic heterocycles. The van der Waals surface area contributed by atoms with Crippen molar-refractivity contribution in [2.75, 3.05) is 129 Å². The quantitative estimate of drug-likeness (QED) is 0.0625. The molecule has 2 amide bonds. The third kappa shape index (κ3) is 24.7. The molecule has 0 bridgehead atoms. The van der Waals surface area contributed by atoms with Crippen molar-refractivity contribution in [2.24, 2.45) is 5.41 Å². The number of nitrogens with zero attached hydrogens (tertiary/aromatic N) is 13. The van der Waals surface area contributed by atoms with Crippen LogP contribution in [0.3, 0.4) is 0 Å². The van der Waals surface area contributed by atoms with Gasteiger partial charge in [-0.3, -0.25) is 48.2 Å². The summed E-state index contributed by atoms with van der Waals surface area (Å²) in [4.78, 5) is 79.2. The first-order chi connectivity index (χ1) is 53.2. The van der Waals surface area contributed by atoms with Crippen LogP contribution in [0.25, 0.3) is 28.5 Å². The van der Waals surface area contributed by atoms with E-state index in [9.17, 15) is 49.8 Å². The number of anilines is 2. The molecule has 12 heterocycles. The molecule has 36 nitrogen and oxygen atoms in total. The summed E-state index contributed by atoms with van der Waals surface area (Å²) in [6, 6.07) is 0.521. The third-order valence-corrected chi connectivity index (χ3v) is 21.6. The lowest BCUT2D eigenvalue weighted by Gasteiger charge is -2.41. The van der Waals surface area contributed by atoms with Gasteiger partial charge < -0.3 is 98.8 Å². The maximum absolute atomic E-state index is 11.7.